The molecule has 1 unspecified atom stereocenters. The number of hydrogen-bond acceptors (Lipinski definition) is 4. The van der Waals surface area contributed by atoms with Crippen molar-refractivity contribution in [1.82, 2.24) is 0 Å². The molecule has 0 radical (unpaired) electrons. The van der Waals surface area contributed by atoms with Crippen LogP contribution in [0, 0.1) is 10.1 Å². The number of nitro groups is 1. The summed E-state index contributed by atoms with van der Waals surface area (Å²) in [5, 5.41) is 11.0. The van der Waals surface area contributed by atoms with E-state index in [1.807, 2.05) is 25.8 Å². The first-order valence-corrected chi connectivity index (χ1v) is 5.47. The zero-order valence-corrected chi connectivity index (χ0v) is 10.2. The number of carbonyl (C=O) groups excluding carboxylic acids is 1. The SMILES string of the molecule is CCC(C)N(C)c1ccc(C=O)cc1[N+](=O)[O-]. The predicted molar refractivity (Wildman–Crippen MR) is 66.6 cm³/mol. The minimum absolute atomic E-state index is 0.0302. The molecule has 1 rings (SSSR count). The van der Waals surface area contributed by atoms with Crippen molar-refractivity contribution in [2.24, 2.45) is 0 Å². The Kier molecular flexibility index (Phi) is 4.20. The van der Waals surface area contributed by atoms with Crippen LogP contribution in [-0.4, -0.2) is 24.3 Å². The maximum absolute atomic E-state index is 11.0. The van der Waals surface area contributed by atoms with Gasteiger partial charge in [-0.25, -0.2) is 0 Å². The Hall–Kier alpha value is -1.91. The van der Waals surface area contributed by atoms with Crippen molar-refractivity contribution >= 4 is 17.7 Å². The van der Waals surface area contributed by atoms with Crippen molar-refractivity contribution in [3.63, 3.8) is 0 Å². The molecule has 1 aromatic rings. The minimum atomic E-state index is -0.457. The van der Waals surface area contributed by atoms with Crippen molar-refractivity contribution < 1.29 is 9.72 Å². The predicted octanol–water partition coefficient (Wildman–Crippen LogP) is 2.64. The molecule has 0 amide bonds. The fourth-order valence-electron chi connectivity index (χ4n) is 1.57. The summed E-state index contributed by atoms with van der Waals surface area (Å²) in [4.78, 5) is 23.0. The van der Waals surface area contributed by atoms with Gasteiger partial charge in [0, 0.05) is 24.7 Å². The van der Waals surface area contributed by atoms with Gasteiger partial charge in [-0.2, -0.15) is 0 Å². The van der Waals surface area contributed by atoms with E-state index in [2.05, 4.69) is 0 Å². The monoisotopic (exact) mass is 236 g/mol. The number of anilines is 1. The summed E-state index contributed by atoms with van der Waals surface area (Å²) < 4.78 is 0. The van der Waals surface area contributed by atoms with Gasteiger partial charge in [-0.05, 0) is 25.5 Å². The van der Waals surface area contributed by atoms with E-state index in [9.17, 15) is 14.9 Å². The Morgan fingerprint density at radius 1 is 1.53 bits per heavy atom. The van der Waals surface area contributed by atoms with Crippen LogP contribution in [-0.2, 0) is 0 Å². The summed E-state index contributed by atoms with van der Waals surface area (Å²) in [5.41, 5.74) is 0.824. The Morgan fingerprint density at radius 2 is 2.18 bits per heavy atom. The number of nitrogens with zero attached hydrogens (tertiary/aromatic N) is 2. The van der Waals surface area contributed by atoms with E-state index in [-0.39, 0.29) is 11.7 Å². The Bertz CT molecular complexity index is 432. The van der Waals surface area contributed by atoms with Crippen LogP contribution in [0.1, 0.15) is 30.6 Å². The van der Waals surface area contributed by atoms with Gasteiger partial charge in [0.15, 0.2) is 0 Å². The van der Waals surface area contributed by atoms with Gasteiger partial charge in [0.1, 0.15) is 12.0 Å². The Balaban J connectivity index is 3.23. The molecule has 1 aromatic carbocycles. The number of carbonyl (C=O) groups is 1. The highest BCUT2D eigenvalue weighted by Gasteiger charge is 2.20. The lowest BCUT2D eigenvalue weighted by Gasteiger charge is -2.25. The molecule has 17 heavy (non-hydrogen) atoms. The van der Waals surface area contributed by atoms with Crippen LogP contribution in [0.4, 0.5) is 11.4 Å². The second-order valence-corrected chi connectivity index (χ2v) is 3.99. The van der Waals surface area contributed by atoms with E-state index in [4.69, 9.17) is 0 Å². The number of nitro benzene ring substituents is 1. The third-order valence-corrected chi connectivity index (χ3v) is 2.96. The van der Waals surface area contributed by atoms with Crippen molar-refractivity contribution in [3.8, 4) is 0 Å². The average molecular weight is 236 g/mol. The summed E-state index contributed by atoms with van der Waals surface area (Å²) in [6.45, 7) is 4.02. The maximum atomic E-state index is 11.0. The van der Waals surface area contributed by atoms with Crippen LogP contribution in [0.3, 0.4) is 0 Å². The quantitative estimate of drug-likeness (QED) is 0.448. The standard InChI is InChI=1S/C12H16N2O3/c1-4-9(2)13(3)11-6-5-10(8-15)7-12(11)14(16)17/h5-9H,4H2,1-3H3. The fraction of sp³-hybridized carbons (Fsp3) is 0.417. The molecule has 1 atom stereocenters. The van der Waals surface area contributed by atoms with E-state index in [0.29, 0.717) is 17.5 Å². The summed E-state index contributed by atoms with van der Waals surface area (Å²) in [7, 11) is 1.82. The van der Waals surface area contributed by atoms with E-state index < -0.39 is 4.92 Å². The number of hydrogen-bond donors (Lipinski definition) is 0. The van der Waals surface area contributed by atoms with Gasteiger partial charge in [0.25, 0.3) is 5.69 Å². The van der Waals surface area contributed by atoms with E-state index >= 15 is 0 Å². The molecule has 0 aliphatic carbocycles. The van der Waals surface area contributed by atoms with Crippen molar-refractivity contribution in [2.45, 2.75) is 26.3 Å². The molecule has 0 saturated carbocycles. The molecule has 0 aromatic heterocycles. The largest absolute Gasteiger partial charge is 0.366 e. The molecule has 0 saturated heterocycles. The van der Waals surface area contributed by atoms with Gasteiger partial charge in [0.2, 0.25) is 0 Å². The highest BCUT2D eigenvalue weighted by molar-refractivity contribution is 5.79. The van der Waals surface area contributed by atoms with E-state index in [1.54, 1.807) is 12.1 Å². The first kappa shape index (κ1) is 13.2. The second kappa shape index (κ2) is 5.43. The van der Waals surface area contributed by atoms with Crippen LogP contribution in [0.15, 0.2) is 18.2 Å². The van der Waals surface area contributed by atoms with Crippen LogP contribution < -0.4 is 4.90 Å². The maximum Gasteiger partial charge on any atom is 0.293 e. The molecule has 0 aliphatic heterocycles. The van der Waals surface area contributed by atoms with Crippen molar-refractivity contribution in [1.29, 1.82) is 0 Å². The normalized spacial score (nSPS) is 11.9. The topological polar surface area (TPSA) is 63.5 Å². The first-order chi connectivity index (χ1) is 8.01. The lowest BCUT2D eigenvalue weighted by atomic mass is 10.1. The lowest BCUT2D eigenvalue weighted by Crippen LogP contribution is -2.28. The molecule has 0 heterocycles. The van der Waals surface area contributed by atoms with E-state index in [0.717, 1.165) is 6.42 Å². The van der Waals surface area contributed by atoms with Gasteiger partial charge >= 0.3 is 0 Å². The van der Waals surface area contributed by atoms with Crippen LogP contribution >= 0.6 is 0 Å². The zero-order valence-electron chi connectivity index (χ0n) is 10.2. The third-order valence-electron chi connectivity index (χ3n) is 2.96. The van der Waals surface area contributed by atoms with Gasteiger partial charge in [-0.1, -0.05) is 6.92 Å². The Labute approximate surface area is 100 Å². The fourth-order valence-corrected chi connectivity index (χ4v) is 1.57. The molecular weight excluding hydrogens is 220 g/mol. The molecular formula is C12H16N2O3. The van der Waals surface area contributed by atoms with Gasteiger partial charge in [-0.3, -0.25) is 14.9 Å². The summed E-state index contributed by atoms with van der Waals surface area (Å²) in [6.07, 6.45) is 1.50. The summed E-state index contributed by atoms with van der Waals surface area (Å²) in [5.74, 6) is 0. The van der Waals surface area contributed by atoms with Crippen LogP contribution in [0.25, 0.3) is 0 Å². The van der Waals surface area contributed by atoms with Crippen molar-refractivity contribution in [2.75, 3.05) is 11.9 Å². The van der Waals surface area contributed by atoms with Crippen LogP contribution in [0.2, 0.25) is 0 Å². The van der Waals surface area contributed by atoms with Crippen molar-refractivity contribution in [3.05, 3.63) is 33.9 Å². The molecule has 0 bridgehead atoms. The van der Waals surface area contributed by atoms with Crippen LogP contribution in [0.5, 0.6) is 0 Å². The molecule has 0 spiro atoms. The van der Waals surface area contributed by atoms with E-state index in [1.165, 1.54) is 6.07 Å². The molecule has 5 nitrogen and oxygen atoms in total. The zero-order chi connectivity index (χ0) is 13.0. The molecule has 92 valence electrons. The Morgan fingerprint density at radius 3 is 2.65 bits per heavy atom. The molecule has 0 aliphatic rings. The molecule has 5 heteroatoms. The third kappa shape index (κ3) is 2.81. The molecule has 0 fully saturated rings. The number of aldehydes is 1. The highest BCUT2D eigenvalue weighted by Crippen LogP contribution is 2.29. The van der Waals surface area contributed by atoms with Gasteiger partial charge in [-0.15, -0.1) is 0 Å². The van der Waals surface area contributed by atoms with Gasteiger partial charge < -0.3 is 4.90 Å². The highest BCUT2D eigenvalue weighted by atomic mass is 16.6. The summed E-state index contributed by atoms with van der Waals surface area (Å²) >= 11 is 0. The second-order valence-electron chi connectivity index (χ2n) is 3.99. The summed E-state index contributed by atoms with van der Waals surface area (Å²) in [6, 6.07) is 4.72. The van der Waals surface area contributed by atoms with Gasteiger partial charge in [0.05, 0.1) is 4.92 Å². The number of rotatable bonds is 5. The minimum Gasteiger partial charge on any atom is -0.366 e. The molecule has 0 N–H and O–H groups in total. The smallest absolute Gasteiger partial charge is 0.293 e. The average Bonchev–Trinajstić information content (AvgIpc) is 2.35. The number of benzene rings is 1. The lowest BCUT2D eigenvalue weighted by molar-refractivity contribution is -0.384. The first-order valence-electron chi connectivity index (χ1n) is 5.47.